The van der Waals surface area contributed by atoms with Gasteiger partial charge in [-0.3, -0.25) is 9.36 Å². The summed E-state index contributed by atoms with van der Waals surface area (Å²) in [6.45, 7) is 4.40. The lowest BCUT2D eigenvalue weighted by molar-refractivity contribution is 0.0183. The molecule has 1 aromatic carbocycles. The van der Waals surface area contributed by atoms with Gasteiger partial charge in [-0.15, -0.1) is 0 Å². The van der Waals surface area contributed by atoms with Crippen LogP contribution in [0.4, 0.5) is 5.95 Å². The smallest absolute Gasteiger partial charge is 0.260 e. The molecule has 2 N–H and O–H groups in total. The Morgan fingerprint density at radius 3 is 2.79 bits per heavy atom. The van der Waals surface area contributed by atoms with Crippen molar-refractivity contribution in [3.63, 3.8) is 0 Å². The highest BCUT2D eigenvalue weighted by Gasteiger charge is 2.21. The van der Waals surface area contributed by atoms with Gasteiger partial charge in [0.25, 0.3) is 5.56 Å². The quantitative estimate of drug-likeness (QED) is 0.454. The molecule has 0 saturated carbocycles. The van der Waals surface area contributed by atoms with Crippen molar-refractivity contribution in [2.75, 3.05) is 32.1 Å². The minimum absolute atomic E-state index is 0.137. The van der Waals surface area contributed by atoms with Crippen LogP contribution >= 0.6 is 11.6 Å². The molecule has 1 atom stereocenters. The predicted octanol–water partition coefficient (Wildman–Crippen LogP) is 2.85. The summed E-state index contributed by atoms with van der Waals surface area (Å²) in [6.07, 6.45) is 3.54. The van der Waals surface area contributed by atoms with Crippen LogP contribution in [0.25, 0.3) is 33.5 Å². The van der Waals surface area contributed by atoms with Crippen LogP contribution in [0.2, 0.25) is 5.02 Å². The largest absolute Gasteiger partial charge is 0.374 e. The van der Waals surface area contributed by atoms with E-state index in [1.165, 1.54) is 0 Å². The van der Waals surface area contributed by atoms with Crippen LogP contribution in [-0.4, -0.2) is 56.9 Å². The highest BCUT2D eigenvalue weighted by molar-refractivity contribution is 6.33. The van der Waals surface area contributed by atoms with Crippen molar-refractivity contribution in [2.24, 2.45) is 7.05 Å². The molecule has 4 aromatic rings. The molecule has 3 aromatic heterocycles. The molecule has 0 amide bonds. The van der Waals surface area contributed by atoms with Crippen LogP contribution in [0.5, 0.6) is 0 Å². The fourth-order valence-corrected chi connectivity index (χ4v) is 4.62. The Labute approximate surface area is 201 Å². The van der Waals surface area contributed by atoms with Gasteiger partial charge in [-0.05, 0) is 19.1 Å². The molecule has 0 radical (unpaired) electrons. The van der Waals surface area contributed by atoms with Crippen LogP contribution in [0.3, 0.4) is 0 Å². The molecule has 176 valence electrons. The van der Waals surface area contributed by atoms with Gasteiger partial charge in [0.05, 0.1) is 24.9 Å². The molecular formula is C24H26ClN7O2. The molecular weight excluding hydrogens is 454 g/mol. The average Bonchev–Trinajstić information content (AvgIpc) is 3.19. The average molecular weight is 480 g/mol. The second kappa shape index (κ2) is 9.17. The van der Waals surface area contributed by atoms with E-state index in [0.29, 0.717) is 47.4 Å². The fraction of sp³-hybridized carbons (Fsp3) is 0.333. The first-order chi connectivity index (χ1) is 16.4. The molecule has 0 bridgehead atoms. The van der Waals surface area contributed by atoms with Crippen molar-refractivity contribution in [3.05, 3.63) is 57.7 Å². The molecule has 0 unspecified atom stereocenters. The number of morpholine rings is 1. The van der Waals surface area contributed by atoms with E-state index in [1.807, 2.05) is 42.9 Å². The maximum absolute atomic E-state index is 13.8. The summed E-state index contributed by atoms with van der Waals surface area (Å²) in [6, 6.07) is 7.46. The normalized spacial score (nSPS) is 16.2. The third-order valence-electron chi connectivity index (χ3n) is 5.96. The van der Waals surface area contributed by atoms with Gasteiger partial charge in [0.1, 0.15) is 11.5 Å². The second-order valence-electron chi connectivity index (χ2n) is 8.40. The van der Waals surface area contributed by atoms with Gasteiger partial charge in [0, 0.05) is 66.7 Å². The van der Waals surface area contributed by atoms with Crippen LogP contribution in [0.15, 0.2) is 41.5 Å². The second-order valence-corrected chi connectivity index (χ2v) is 8.81. The van der Waals surface area contributed by atoms with Gasteiger partial charge in [-0.1, -0.05) is 23.7 Å². The van der Waals surface area contributed by atoms with E-state index >= 15 is 0 Å². The Morgan fingerprint density at radius 1 is 1.26 bits per heavy atom. The third-order valence-corrected chi connectivity index (χ3v) is 6.27. The lowest BCUT2D eigenvalue weighted by Crippen LogP contribution is -2.42. The maximum Gasteiger partial charge on any atom is 0.260 e. The number of imidazole rings is 1. The van der Waals surface area contributed by atoms with Crippen LogP contribution < -0.4 is 16.2 Å². The predicted molar refractivity (Wildman–Crippen MR) is 133 cm³/mol. The molecule has 5 rings (SSSR count). The van der Waals surface area contributed by atoms with Gasteiger partial charge < -0.3 is 19.9 Å². The van der Waals surface area contributed by atoms with Gasteiger partial charge in [0.2, 0.25) is 5.95 Å². The van der Waals surface area contributed by atoms with Crippen LogP contribution in [0.1, 0.15) is 5.69 Å². The number of halogens is 1. The standard InChI is InChI=1S/C24H26ClN7O2/c1-14-12-31(3)21(29-14)15-4-5-18(20(25)9-15)19-8-16-10-28-24(26-2)30-22(16)32(23(19)33)13-17-11-27-6-7-34-17/h4-5,8-10,12,17,27H,6-7,11,13H2,1-3H3,(H,26,28,30)/t17-/m1/s1. The van der Waals surface area contributed by atoms with E-state index in [9.17, 15) is 4.79 Å². The molecule has 1 saturated heterocycles. The van der Waals surface area contributed by atoms with Crippen molar-refractivity contribution in [1.29, 1.82) is 0 Å². The number of hydrogen-bond donors (Lipinski definition) is 2. The zero-order valence-corrected chi connectivity index (χ0v) is 20.1. The van der Waals surface area contributed by atoms with E-state index in [1.54, 1.807) is 23.9 Å². The number of nitrogens with one attached hydrogen (secondary N) is 2. The summed E-state index contributed by atoms with van der Waals surface area (Å²) in [5.41, 5.74) is 3.33. The highest BCUT2D eigenvalue weighted by Crippen LogP contribution is 2.32. The molecule has 4 heterocycles. The van der Waals surface area contributed by atoms with Crippen LogP contribution in [-0.2, 0) is 18.3 Å². The fourth-order valence-electron chi connectivity index (χ4n) is 4.34. The molecule has 10 heteroatoms. The maximum atomic E-state index is 13.8. The van der Waals surface area contributed by atoms with Crippen molar-refractivity contribution >= 4 is 28.6 Å². The van der Waals surface area contributed by atoms with E-state index < -0.39 is 0 Å². The van der Waals surface area contributed by atoms with E-state index in [2.05, 4.69) is 25.6 Å². The first kappa shape index (κ1) is 22.5. The summed E-state index contributed by atoms with van der Waals surface area (Å²) in [7, 11) is 3.69. The molecule has 0 aliphatic carbocycles. The first-order valence-corrected chi connectivity index (χ1v) is 11.5. The minimum Gasteiger partial charge on any atom is -0.374 e. The Kier molecular flexibility index (Phi) is 6.07. The summed E-state index contributed by atoms with van der Waals surface area (Å²) < 4.78 is 9.49. The molecule has 1 aliphatic heterocycles. The van der Waals surface area contributed by atoms with Crippen molar-refractivity contribution < 1.29 is 4.74 Å². The lowest BCUT2D eigenvalue weighted by Gasteiger charge is -2.25. The van der Waals surface area contributed by atoms with E-state index in [0.717, 1.165) is 29.0 Å². The number of ether oxygens (including phenoxy) is 1. The summed E-state index contributed by atoms with van der Waals surface area (Å²) >= 11 is 6.73. The molecule has 1 fully saturated rings. The molecule has 9 nitrogen and oxygen atoms in total. The van der Waals surface area contributed by atoms with E-state index in [4.69, 9.17) is 16.3 Å². The molecule has 1 aliphatic rings. The number of rotatable bonds is 5. The minimum atomic E-state index is -0.176. The van der Waals surface area contributed by atoms with Gasteiger partial charge in [-0.2, -0.15) is 4.98 Å². The summed E-state index contributed by atoms with van der Waals surface area (Å²) in [5, 5.41) is 7.48. The number of aromatic nitrogens is 5. The first-order valence-electron chi connectivity index (χ1n) is 11.2. The number of fused-ring (bicyclic) bond motifs is 1. The van der Waals surface area contributed by atoms with Gasteiger partial charge in [0.15, 0.2) is 0 Å². The molecule has 34 heavy (non-hydrogen) atoms. The van der Waals surface area contributed by atoms with Crippen molar-refractivity contribution in [2.45, 2.75) is 19.6 Å². The Morgan fingerprint density at radius 2 is 2.12 bits per heavy atom. The number of benzene rings is 1. The van der Waals surface area contributed by atoms with Crippen LogP contribution in [0, 0.1) is 6.92 Å². The number of pyridine rings is 1. The molecule has 0 spiro atoms. The Balaban J connectivity index is 1.64. The van der Waals surface area contributed by atoms with Gasteiger partial charge >= 0.3 is 0 Å². The summed E-state index contributed by atoms with van der Waals surface area (Å²) in [5.74, 6) is 1.26. The number of aryl methyl sites for hydroxylation is 2. The Bertz CT molecular complexity index is 1420. The van der Waals surface area contributed by atoms with E-state index in [-0.39, 0.29) is 11.7 Å². The SMILES string of the molecule is CNc1ncc2cc(-c3ccc(-c4nc(C)cn4C)cc3Cl)c(=O)n(C[C@H]3CNCCO3)c2n1. The van der Waals surface area contributed by atoms with Crippen molar-refractivity contribution in [1.82, 2.24) is 29.4 Å². The zero-order valence-electron chi connectivity index (χ0n) is 19.3. The number of hydrogen-bond acceptors (Lipinski definition) is 7. The van der Waals surface area contributed by atoms with Crippen molar-refractivity contribution in [3.8, 4) is 22.5 Å². The lowest BCUT2D eigenvalue weighted by atomic mass is 10.0. The zero-order chi connectivity index (χ0) is 23.8. The van der Waals surface area contributed by atoms with Gasteiger partial charge in [-0.25, -0.2) is 9.97 Å². The third kappa shape index (κ3) is 4.18. The Hall–Kier alpha value is -3.27. The summed E-state index contributed by atoms with van der Waals surface area (Å²) in [4.78, 5) is 27.2. The topological polar surface area (TPSA) is 98.9 Å². The highest BCUT2D eigenvalue weighted by atomic mass is 35.5. The number of anilines is 1. The number of nitrogens with zero attached hydrogens (tertiary/aromatic N) is 5. The monoisotopic (exact) mass is 479 g/mol.